The summed E-state index contributed by atoms with van der Waals surface area (Å²) in [7, 11) is 0. The van der Waals surface area contributed by atoms with Gasteiger partial charge in [-0.05, 0) is 13.8 Å². The number of carbonyl (C=O) groups excluding carboxylic acids is 2. The summed E-state index contributed by atoms with van der Waals surface area (Å²) in [5.74, 6) is -1.26. The Morgan fingerprint density at radius 2 is 1.67 bits per heavy atom. The van der Waals surface area contributed by atoms with Crippen molar-refractivity contribution in [2.24, 2.45) is 11.5 Å². The van der Waals surface area contributed by atoms with E-state index in [0.29, 0.717) is 11.0 Å². The third-order valence-electron chi connectivity index (χ3n) is 3.73. The maximum Gasteiger partial charge on any atom is 0.260 e. The standard InChI is InChI=1S/C13H21N5O2S/c1-7(2)17-3-5-18(6-4-17)13-8(11(15)19)9(14)10(21-13)12(16)20/h7H,3-6,14H2,1-2H3,(H2,15,19)(H2,16,20). The molecule has 2 amide bonds. The van der Waals surface area contributed by atoms with E-state index in [1.807, 2.05) is 4.90 Å². The van der Waals surface area contributed by atoms with Crippen molar-refractivity contribution in [1.29, 1.82) is 0 Å². The number of nitrogens with zero attached hydrogens (tertiary/aromatic N) is 2. The van der Waals surface area contributed by atoms with Crippen LogP contribution in [0.25, 0.3) is 0 Å². The predicted octanol–water partition coefficient (Wildman–Crippen LogP) is 0.0585. The van der Waals surface area contributed by atoms with Crippen LogP contribution in [-0.2, 0) is 0 Å². The van der Waals surface area contributed by atoms with Gasteiger partial charge in [0.2, 0.25) is 0 Å². The molecule has 0 aliphatic carbocycles. The minimum atomic E-state index is -0.632. The number of carbonyl (C=O) groups is 2. The average Bonchev–Trinajstić information content (AvgIpc) is 2.76. The molecule has 0 radical (unpaired) electrons. The number of primary amides is 2. The number of anilines is 2. The highest BCUT2D eigenvalue weighted by Crippen LogP contribution is 2.38. The van der Waals surface area contributed by atoms with E-state index >= 15 is 0 Å². The van der Waals surface area contributed by atoms with Gasteiger partial charge in [0.1, 0.15) is 9.88 Å². The van der Waals surface area contributed by atoms with Gasteiger partial charge in [-0.2, -0.15) is 0 Å². The highest BCUT2D eigenvalue weighted by atomic mass is 32.1. The molecule has 0 atom stereocenters. The van der Waals surface area contributed by atoms with E-state index in [1.165, 1.54) is 0 Å². The molecular formula is C13H21N5O2S. The van der Waals surface area contributed by atoms with Gasteiger partial charge in [0.25, 0.3) is 11.8 Å². The molecule has 0 unspecified atom stereocenters. The highest BCUT2D eigenvalue weighted by Gasteiger charge is 2.28. The van der Waals surface area contributed by atoms with Crippen LogP contribution in [0.5, 0.6) is 0 Å². The number of amides is 2. The Labute approximate surface area is 127 Å². The van der Waals surface area contributed by atoms with E-state index < -0.39 is 11.8 Å². The van der Waals surface area contributed by atoms with E-state index in [1.54, 1.807) is 0 Å². The van der Waals surface area contributed by atoms with Gasteiger partial charge >= 0.3 is 0 Å². The van der Waals surface area contributed by atoms with Crippen molar-refractivity contribution < 1.29 is 9.59 Å². The average molecular weight is 311 g/mol. The van der Waals surface area contributed by atoms with Crippen LogP contribution in [-0.4, -0.2) is 48.9 Å². The van der Waals surface area contributed by atoms with Crippen molar-refractivity contribution in [3.05, 3.63) is 10.4 Å². The van der Waals surface area contributed by atoms with Crippen LogP contribution >= 0.6 is 11.3 Å². The Morgan fingerprint density at radius 3 is 2.10 bits per heavy atom. The van der Waals surface area contributed by atoms with Crippen molar-refractivity contribution >= 4 is 33.8 Å². The number of thiophene rings is 1. The van der Waals surface area contributed by atoms with Gasteiger partial charge in [-0.15, -0.1) is 11.3 Å². The van der Waals surface area contributed by atoms with E-state index in [4.69, 9.17) is 17.2 Å². The molecule has 1 aromatic heterocycles. The number of rotatable bonds is 4. The van der Waals surface area contributed by atoms with E-state index in [-0.39, 0.29) is 16.1 Å². The first kappa shape index (κ1) is 15.6. The summed E-state index contributed by atoms with van der Waals surface area (Å²) in [6, 6.07) is 0.484. The molecule has 116 valence electrons. The first-order valence-corrected chi connectivity index (χ1v) is 7.65. The molecular weight excluding hydrogens is 290 g/mol. The normalized spacial score (nSPS) is 16.4. The topological polar surface area (TPSA) is 119 Å². The van der Waals surface area contributed by atoms with Gasteiger partial charge in [0, 0.05) is 32.2 Å². The summed E-state index contributed by atoms with van der Waals surface area (Å²) in [5, 5.41) is 0.650. The van der Waals surface area contributed by atoms with Crippen LogP contribution in [0.3, 0.4) is 0 Å². The number of hydrogen-bond donors (Lipinski definition) is 3. The van der Waals surface area contributed by atoms with Gasteiger partial charge in [0.15, 0.2) is 0 Å². The summed E-state index contributed by atoms with van der Waals surface area (Å²) >= 11 is 1.15. The summed E-state index contributed by atoms with van der Waals surface area (Å²) in [6.07, 6.45) is 0. The molecule has 1 saturated heterocycles. The molecule has 0 aromatic carbocycles. The number of nitrogens with two attached hydrogens (primary N) is 3. The molecule has 21 heavy (non-hydrogen) atoms. The van der Waals surface area contributed by atoms with Crippen molar-refractivity contribution in [2.75, 3.05) is 36.8 Å². The van der Waals surface area contributed by atoms with E-state index in [9.17, 15) is 9.59 Å². The number of nitrogen functional groups attached to an aromatic ring is 1. The highest BCUT2D eigenvalue weighted by molar-refractivity contribution is 7.19. The Balaban J connectivity index is 2.30. The van der Waals surface area contributed by atoms with Gasteiger partial charge < -0.3 is 22.1 Å². The maximum atomic E-state index is 11.7. The summed E-state index contributed by atoms with van der Waals surface area (Å²) < 4.78 is 0. The molecule has 1 aromatic rings. The van der Waals surface area contributed by atoms with Crippen LogP contribution in [0.15, 0.2) is 0 Å². The Bertz CT molecular complexity index is 561. The quantitative estimate of drug-likeness (QED) is 0.726. The van der Waals surface area contributed by atoms with Crippen LogP contribution in [0.2, 0.25) is 0 Å². The third-order valence-corrected chi connectivity index (χ3v) is 5.01. The fourth-order valence-electron chi connectivity index (χ4n) is 2.52. The fraction of sp³-hybridized carbons (Fsp3) is 0.538. The molecule has 8 heteroatoms. The zero-order valence-electron chi connectivity index (χ0n) is 12.3. The van der Waals surface area contributed by atoms with Gasteiger partial charge in [-0.25, -0.2) is 0 Å². The zero-order chi connectivity index (χ0) is 15.7. The lowest BCUT2D eigenvalue weighted by molar-refractivity contribution is 0.0999. The monoisotopic (exact) mass is 311 g/mol. The van der Waals surface area contributed by atoms with Crippen LogP contribution in [0, 0.1) is 0 Å². The molecule has 0 spiro atoms. The number of hydrogen-bond acceptors (Lipinski definition) is 6. The first-order chi connectivity index (χ1) is 9.82. The fourth-order valence-corrected chi connectivity index (χ4v) is 3.65. The van der Waals surface area contributed by atoms with E-state index in [2.05, 4.69) is 18.7 Å². The number of piperazine rings is 1. The van der Waals surface area contributed by atoms with Crippen molar-refractivity contribution in [2.45, 2.75) is 19.9 Å². The summed E-state index contributed by atoms with van der Waals surface area (Å²) in [5.41, 5.74) is 16.9. The lowest BCUT2D eigenvalue weighted by Crippen LogP contribution is -2.49. The molecule has 7 nitrogen and oxygen atoms in total. The molecule has 6 N–H and O–H groups in total. The Kier molecular flexibility index (Phi) is 4.38. The molecule has 0 bridgehead atoms. The van der Waals surface area contributed by atoms with Gasteiger partial charge in [-0.1, -0.05) is 0 Å². The van der Waals surface area contributed by atoms with Crippen molar-refractivity contribution in [3.63, 3.8) is 0 Å². The maximum absolute atomic E-state index is 11.7. The predicted molar refractivity (Wildman–Crippen MR) is 84.7 cm³/mol. The van der Waals surface area contributed by atoms with Gasteiger partial charge in [-0.3, -0.25) is 14.5 Å². The van der Waals surface area contributed by atoms with E-state index in [0.717, 1.165) is 37.5 Å². The second kappa shape index (κ2) is 5.90. The lowest BCUT2D eigenvalue weighted by Gasteiger charge is -2.37. The Hall–Kier alpha value is -1.80. The Morgan fingerprint density at radius 1 is 1.10 bits per heavy atom. The molecule has 2 rings (SSSR count). The second-order valence-corrected chi connectivity index (χ2v) is 6.37. The molecule has 1 fully saturated rings. The molecule has 2 heterocycles. The van der Waals surface area contributed by atoms with Gasteiger partial charge in [0.05, 0.1) is 11.3 Å². The smallest absolute Gasteiger partial charge is 0.260 e. The molecule has 1 aliphatic rings. The second-order valence-electron chi connectivity index (χ2n) is 5.37. The first-order valence-electron chi connectivity index (χ1n) is 6.83. The summed E-state index contributed by atoms with van der Waals surface area (Å²) in [4.78, 5) is 27.7. The largest absolute Gasteiger partial charge is 0.397 e. The SMILES string of the molecule is CC(C)N1CCN(c2sc(C(N)=O)c(N)c2C(N)=O)CC1. The van der Waals surface area contributed by atoms with Crippen molar-refractivity contribution in [1.82, 2.24) is 4.90 Å². The molecule has 1 aliphatic heterocycles. The minimum Gasteiger partial charge on any atom is -0.397 e. The van der Waals surface area contributed by atoms with Crippen molar-refractivity contribution in [3.8, 4) is 0 Å². The zero-order valence-corrected chi connectivity index (χ0v) is 13.1. The summed E-state index contributed by atoms with van der Waals surface area (Å²) in [6.45, 7) is 7.60. The van der Waals surface area contributed by atoms with Crippen LogP contribution < -0.4 is 22.1 Å². The lowest BCUT2D eigenvalue weighted by atomic mass is 10.2. The van der Waals surface area contributed by atoms with Crippen LogP contribution in [0.1, 0.15) is 33.9 Å². The van der Waals surface area contributed by atoms with Crippen LogP contribution in [0.4, 0.5) is 10.7 Å². The third kappa shape index (κ3) is 2.96. The molecule has 0 saturated carbocycles. The minimum absolute atomic E-state index is 0.0984.